The van der Waals surface area contributed by atoms with Crippen LogP contribution in [0.25, 0.3) is 0 Å². The van der Waals surface area contributed by atoms with E-state index in [2.05, 4.69) is 17.6 Å². The van der Waals surface area contributed by atoms with Gasteiger partial charge in [-0.3, -0.25) is 4.79 Å². The highest BCUT2D eigenvalue weighted by atomic mass is 16.1. The molecule has 2 aliphatic carbocycles. The average molecular weight is 239 g/mol. The van der Waals surface area contributed by atoms with E-state index in [1.165, 1.54) is 12.8 Å². The van der Waals surface area contributed by atoms with Crippen molar-refractivity contribution in [2.24, 2.45) is 17.6 Å². The van der Waals surface area contributed by atoms with Gasteiger partial charge in [0.15, 0.2) is 0 Å². The van der Waals surface area contributed by atoms with Crippen molar-refractivity contribution in [2.75, 3.05) is 13.1 Å². The molecule has 0 aromatic heterocycles. The fourth-order valence-electron chi connectivity index (χ4n) is 2.16. The van der Waals surface area contributed by atoms with Crippen LogP contribution in [0.2, 0.25) is 0 Å². The van der Waals surface area contributed by atoms with Crippen molar-refractivity contribution in [3.05, 3.63) is 0 Å². The summed E-state index contributed by atoms with van der Waals surface area (Å²) >= 11 is 0. The van der Waals surface area contributed by atoms with Crippen LogP contribution in [0, 0.1) is 11.8 Å². The number of hydrogen-bond acceptors (Lipinski definition) is 3. The lowest BCUT2D eigenvalue weighted by Gasteiger charge is -2.19. The maximum Gasteiger partial charge on any atom is 0.221 e. The Morgan fingerprint density at radius 1 is 1.35 bits per heavy atom. The number of rotatable bonds is 8. The lowest BCUT2D eigenvalue weighted by molar-refractivity contribution is -0.121. The van der Waals surface area contributed by atoms with Crippen molar-refractivity contribution >= 4 is 5.91 Å². The molecule has 2 fully saturated rings. The van der Waals surface area contributed by atoms with Gasteiger partial charge in [0.2, 0.25) is 5.91 Å². The van der Waals surface area contributed by atoms with E-state index in [-0.39, 0.29) is 11.9 Å². The van der Waals surface area contributed by atoms with Gasteiger partial charge in [0.25, 0.3) is 0 Å². The molecule has 0 aromatic rings. The Morgan fingerprint density at radius 3 is 2.59 bits per heavy atom. The van der Waals surface area contributed by atoms with E-state index < -0.39 is 0 Å². The van der Waals surface area contributed by atoms with E-state index >= 15 is 0 Å². The fourth-order valence-corrected chi connectivity index (χ4v) is 2.16. The molecular formula is C13H25N3O. The molecule has 2 unspecified atom stereocenters. The highest BCUT2D eigenvalue weighted by molar-refractivity contribution is 5.77. The highest BCUT2D eigenvalue weighted by Crippen LogP contribution is 2.36. The number of carbonyl (C=O) groups is 1. The molecule has 2 atom stereocenters. The Labute approximate surface area is 104 Å². The molecule has 0 aromatic carbocycles. The molecule has 0 radical (unpaired) electrons. The van der Waals surface area contributed by atoms with Gasteiger partial charge in [-0.2, -0.15) is 0 Å². The molecule has 2 saturated carbocycles. The SMILES string of the molecule is CC(CNC(CN)CC(=O)NC1CC1)C1CC1. The molecule has 4 N–H and O–H groups in total. The zero-order chi connectivity index (χ0) is 12.3. The van der Waals surface area contributed by atoms with Gasteiger partial charge in [0.1, 0.15) is 0 Å². The molecule has 0 spiro atoms. The Kier molecular flexibility index (Phi) is 4.40. The second-order valence-electron chi connectivity index (χ2n) is 5.70. The number of nitrogens with two attached hydrogens (primary N) is 1. The summed E-state index contributed by atoms with van der Waals surface area (Å²) in [6, 6.07) is 0.585. The van der Waals surface area contributed by atoms with Gasteiger partial charge in [-0.15, -0.1) is 0 Å². The molecule has 0 saturated heterocycles. The quantitative estimate of drug-likeness (QED) is 0.581. The second-order valence-corrected chi connectivity index (χ2v) is 5.70. The summed E-state index contributed by atoms with van der Waals surface area (Å²) < 4.78 is 0. The summed E-state index contributed by atoms with van der Waals surface area (Å²) in [5, 5.41) is 6.44. The van der Waals surface area contributed by atoms with Crippen molar-refractivity contribution in [3.8, 4) is 0 Å². The standard InChI is InChI=1S/C13H25N3O/c1-9(10-2-3-10)8-15-12(7-14)6-13(17)16-11-4-5-11/h9-12,15H,2-8,14H2,1H3,(H,16,17). The zero-order valence-corrected chi connectivity index (χ0v) is 10.7. The normalized spacial score (nSPS) is 23.2. The average Bonchev–Trinajstić information content (AvgIpc) is 3.14. The van der Waals surface area contributed by atoms with Crippen LogP contribution < -0.4 is 16.4 Å². The van der Waals surface area contributed by atoms with Crippen LogP contribution in [0.5, 0.6) is 0 Å². The lowest BCUT2D eigenvalue weighted by atomic mass is 10.1. The summed E-state index contributed by atoms with van der Waals surface area (Å²) in [6.07, 6.45) is 5.55. The van der Waals surface area contributed by atoms with Gasteiger partial charge in [-0.25, -0.2) is 0 Å². The van der Waals surface area contributed by atoms with Crippen LogP contribution in [-0.2, 0) is 4.79 Å². The third kappa shape index (κ3) is 4.64. The van der Waals surface area contributed by atoms with Gasteiger partial charge in [-0.05, 0) is 44.1 Å². The number of hydrogen-bond donors (Lipinski definition) is 3. The smallest absolute Gasteiger partial charge is 0.221 e. The van der Waals surface area contributed by atoms with E-state index in [1.54, 1.807) is 0 Å². The topological polar surface area (TPSA) is 67.1 Å². The minimum absolute atomic E-state index is 0.134. The third-order valence-corrected chi connectivity index (χ3v) is 3.81. The minimum Gasteiger partial charge on any atom is -0.353 e. The molecule has 2 rings (SSSR count). The summed E-state index contributed by atoms with van der Waals surface area (Å²) in [4.78, 5) is 11.6. The van der Waals surface area contributed by atoms with Crippen molar-refractivity contribution in [1.82, 2.24) is 10.6 Å². The molecule has 17 heavy (non-hydrogen) atoms. The van der Waals surface area contributed by atoms with E-state index in [4.69, 9.17) is 5.73 Å². The lowest BCUT2D eigenvalue weighted by Crippen LogP contribution is -2.42. The highest BCUT2D eigenvalue weighted by Gasteiger charge is 2.28. The Balaban J connectivity index is 1.62. The molecule has 4 nitrogen and oxygen atoms in total. The largest absolute Gasteiger partial charge is 0.353 e. The first-order valence-electron chi connectivity index (χ1n) is 6.92. The van der Waals surface area contributed by atoms with Crippen molar-refractivity contribution < 1.29 is 4.79 Å². The van der Waals surface area contributed by atoms with Crippen LogP contribution in [-0.4, -0.2) is 31.1 Å². The van der Waals surface area contributed by atoms with Crippen molar-refractivity contribution in [2.45, 2.75) is 51.1 Å². The second kappa shape index (κ2) is 5.83. The number of carbonyl (C=O) groups excluding carboxylic acids is 1. The Hall–Kier alpha value is -0.610. The summed E-state index contributed by atoms with van der Waals surface area (Å²) in [6.45, 7) is 3.81. The first-order valence-corrected chi connectivity index (χ1v) is 6.92. The molecule has 4 heteroatoms. The summed E-state index contributed by atoms with van der Waals surface area (Å²) in [5.41, 5.74) is 5.70. The van der Waals surface area contributed by atoms with E-state index in [0.717, 1.165) is 31.2 Å². The monoisotopic (exact) mass is 239 g/mol. The zero-order valence-electron chi connectivity index (χ0n) is 10.7. The molecule has 0 heterocycles. The predicted octanol–water partition coefficient (Wildman–Crippen LogP) is 0.618. The first kappa shape index (κ1) is 12.8. The molecule has 0 aliphatic heterocycles. The maximum absolute atomic E-state index is 11.6. The van der Waals surface area contributed by atoms with Crippen molar-refractivity contribution in [1.29, 1.82) is 0 Å². The van der Waals surface area contributed by atoms with Gasteiger partial charge in [0.05, 0.1) is 0 Å². The maximum atomic E-state index is 11.6. The summed E-state index contributed by atoms with van der Waals surface area (Å²) in [7, 11) is 0. The Morgan fingerprint density at radius 2 is 2.06 bits per heavy atom. The minimum atomic E-state index is 0.134. The molecule has 0 bridgehead atoms. The van der Waals surface area contributed by atoms with E-state index in [0.29, 0.717) is 19.0 Å². The number of amides is 1. The van der Waals surface area contributed by atoms with Gasteiger partial charge in [-0.1, -0.05) is 6.92 Å². The summed E-state index contributed by atoms with van der Waals surface area (Å²) in [5.74, 6) is 1.77. The Bertz CT molecular complexity index is 261. The fraction of sp³-hybridized carbons (Fsp3) is 0.923. The van der Waals surface area contributed by atoms with Gasteiger partial charge >= 0.3 is 0 Å². The van der Waals surface area contributed by atoms with Gasteiger partial charge < -0.3 is 16.4 Å². The molecular weight excluding hydrogens is 214 g/mol. The van der Waals surface area contributed by atoms with E-state index in [9.17, 15) is 4.79 Å². The molecule has 1 amide bonds. The van der Waals surface area contributed by atoms with Crippen LogP contribution in [0.1, 0.15) is 39.0 Å². The first-order chi connectivity index (χ1) is 8.19. The van der Waals surface area contributed by atoms with Crippen LogP contribution in [0.15, 0.2) is 0 Å². The predicted molar refractivity (Wildman–Crippen MR) is 68.5 cm³/mol. The van der Waals surface area contributed by atoms with E-state index in [1.807, 2.05) is 0 Å². The van der Waals surface area contributed by atoms with Crippen LogP contribution >= 0.6 is 0 Å². The number of nitrogens with one attached hydrogen (secondary N) is 2. The van der Waals surface area contributed by atoms with Crippen molar-refractivity contribution in [3.63, 3.8) is 0 Å². The van der Waals surface area contributed by atoms with Gasteiger partial charge in [0, 0.05) is 25.0 Å². The van der Waals surface area contributed by atoms with Crippen LogP contribution in [0.3, 0.4) is 0 Å². The van der Waals surface area contributed by atoms with Crippen LogP contribution in [0.4, 0.5) is 0 Å². The third-order valence-electron chi connectivity index (χ3n) is 3.81. The molecule has 98 valence electrons. The molecule has 2 aliphatic rings.